The third kappa shape index (κ3) is 3.41. The SMILES string of the molecule is Cc1c(Cl)cccc1S(=O)(=O)N1CCN[C@@H](C)C1.Cl. The lowest BCUT2D eigenvalue weighted by Crippen LogP contribution is -2.51. The van der Waals surface area contributed by atoms with Gasteiger partial charge in [0.2, 0.25) is 10.0 Å². The molecule has 19 heavy (non-hydrogen) atoms. The van der Waals surface area contributed by atoms with Crippen LogP contribution in [0.1, 0.15) is 12.5 Å². The minimum Gasteiger partial charge on any atom is -0.312 e. The Balaban J connectivity index is 0.00000180. The second-order valence-electron chi connectivity index (χ2n) is 4.58. The largest absolute Gasteiger partial charge is 0.312 e. The Bertz CT molecular complexity index is 549. The molecule has 0 aromatic heterocycles. The number of benzene rings is 1. The van der Waals surface area contributed by atoms with Crippen LogP contribution in [0.4, 0.5) is 0 Å². The maximum Gasteiger partial charge on any atom is 0.243 e. The lowest BCUT2D eigenvalue weighted by atomic mass is 10.2. The van der Waals surface area contributed by atoms with Crippen LogP contribution in [0, 0.1) is 6.92 Å². The highest BCUT2D eigenvalue weighted by Crippen LogP contribution is 2.26. The summed E-state index contributed by atoms with van der Waals surface area (Å²) in [5.41, 5.74) is 0.616. The molecule has 1 saturated heterocycles. The van der Waals surface area contributed by atoms with E-state index in [0.717, 1.165) is 0 Å². The first-order chi connectivity index (χ1) is 8.43. The summed E-state index contributed by atoms with van der Waals surface area (Å²) >= 11 is 5.99. The molecule has 0 amide bonds. The van der Waals surface area contributed by atoms with E-state index in [1.54, 1.807) is 25.1 Å². The van der Waals surface area contributed by atoms with Gasteiger partial charge in [-0.25, -0.2) is 8.42 Å². The van der Waals surface area contributed by atoms with Gasteiger partial charge in [-0.2, -0.15) is 4.31 Å². The molecule has 1 atom stereocenters. The van der Waals surface area contributed by atoms with E-state index < -0.39 is 10.0 Å². The van der Waals surface area contributed by atoms with Crippen molar-refractivity contribution >= 4 is 34.0 Å². The van der Waals surface area contributed by atoms with E-state index in [1.807, 2.05) is 6.92 Å². The fourth-order valence-electron chi connectivity index (χ4n) is 2.12. The third-order valence-electron chi connectivity index (χ3n) is 3.17. The third-order valence-corrected chi connectivity index (χ3v) is 5.59. The van der Waals surface area contributed by atoms with Gasteiger partial charge < -0.3 is 5.32 Å². The fourth-order valence-corrected chi connectivity index (χ4v) is 4.13. The van der Waals surface area contributed by atoms with E-state index in [1.165, 1.54) is 4.31 Å². The van der Waals surface area contributed by atoms with Crippen molar-refractivity contribution in [3.05, 3.63) is 28.8 Å². The number of nitrogens with zero attached hydrogens (tertiary/aromatic N) is 1. The van der Waals surface area contributed by atoms with Gasteiger partial charge >= 0.3 is 0 Å². The standard InChI is InChI=1S/C12H17ClN2O2S.ClH/c1-9-8-15(7-6-14-9)18(16,17)12-5-3-4-11(13)10(12)2;/h3-5,9,14H,6-8H2,1-2H3;1H/t9-;/m0./s1. The average Bonchev–Trinajstić information content (AvgIpc) is 2.32. The van der Waals surface area contributed by atoms with Crippen LogP contribution in [0.3, 0.4) is 0 Å². The molecule has 4 nitrogen and oxygen atoms in total. The molecule has 0 saturated carbocycles. The summed E-state index contributed by atoms with van der Waals surface area (Å²) in [7, 11) is -3.44. The van der Waals surface area contributed by atoms with E-state index in [2.05, 4.69) is 5.32 Å². The van der Waals surface area contributed by atoms with Crippen molar-refractivity contribution in [1.82, 2.24) is 9.62 Å². The van der Waals surface area contributed by atoms with Gasteiger partial charge in [-0.15, -0.1) is 12.4 Å². The molecular weight excluding hydrogens is 307 g/mol. The molecule has 0 bridgehead atoms. The van der Waals surface area contributed by atoms with E-state index in [4.69, 9.17) is 11.6 Å². The van der Waals surface area contributed by atoms with E-state index >= 15 is 0 Å². The predicted octanol–water partition coefficient (Wildman–Crippen LogP) is 2.05. The van der Waals surface area contributed by atoms with Gasteiger partial charge in [0, 0.05) is 30.7 Å². The van der Waals surface area contributed by atoms with Crippen LogP contribution in [0.25, 0.3) is 0 Å². The summed E-state index contributed by atoms with van der Waals surface area (Å²) in [5.74, 6) is 0. The minimum atomic E-state index is -3.44. The van der Waals surface area contributed by atoms with Crippen molar-refractivity contribution in [1.29, 1.82) is 0 Å². The lowest BCUT2D eigenvalue weighted by molar-refractivity contribution is 0.310. The molecule has 1 N–H and O–H groups in total. The van der Waals surface area contributed by atoms with Crippen LogP contribution in [0.5, 0.6) is 0 Å². The predicted molar refractivity (Wildman–Crippen MR) is 79.7 cm³/mol. The maximum absolute atomic E-state index is 12.5. The molecule has 0 aliphatic carbocycles. The number of nitrogens with one attached hydrogen (secondary N) is 1. The zero-order valence-corrected chi connectivity index (χ0v) is 13.3. The van der Waals surface area contributed by atoms with Crippen LogP contribution in [0.15, 0.2) is 23.1 Å². The molecule has 0 unspecified atom stereocenters. The van der Waals surface area contributed by atoms with Crippen LogP contribution in [-0.4, -0.2) is 38.4 Å². The van der Waals surface area contributed by atoms with E-state index in [-0.39, 0.29) is 18.4 Å². The van der Waals surface area contributed by atoms with E-state index in [9.17, 15) is 8.42 Å². The first-order valence-corrected chi connectivity index (χ1v) is 7.73. The van der Waals surface area contributed by atoms with Crippen LogP contribution in [-0.2, 0) is 10.0 Å². The number of piperazine rings is 1. The van der Waals surface area contributed by atoms with Crippen molar-refractivity contribution in [3.8, 4) is 0 Å². The second-order valence-corrected chi connectivity index (χ2v) is 6.89. The van der Waals surface area contributed by atoms with Gasteiger partial charge in [-0.1, -0.05) is 17.7 Å². The Hall–Kier alpha value is -0.330. The molecule has 1 aliphatic heterocycles. The summed E-state index contributed by atoms with van der Waals surface area (Å²) < 4.78 is 26.6. The molecule has 1 aliphatic rings. The molecular formula is C12H18Cl2N2O2S. The average molecular weight is 325 g/mol. The lowest BCUT2D eigenvalue weighted by Gasteiger charge is -2.31. The summed E-state index contributed by atoms with van der Waals surface area (Å²) in [5, 5.41) is 3.71. The van der Waals surface area contributed by atoms with Gasteiger partial charge in [-0.3, -0.25) is 0 Å². The number of rotatable bonds is 2. The number of halogens is 2. The van der Waals surface area contributed by atoms with Crippen LogP contribution >= 0.6 is 24.0 Å². The Morgan fingerprint density at radius 1 is 1.42 bits per heavy atom. The van der Waals surface area contributed by atoms with Crippen molar-refractivity contribution < 1.29 is 8.42 Å². The Morgan fingerprint density at radius 2 is 2.11 bits per heavy atom. The van der Waals surface area contributed by atoms with Gasteiger partial charge in [0.15, 0.2) is 0 Å². The molecule has 2 rings (SSSR count). The Morgan fingerprint density at radius 3 is 2.74 bits per heavy atom. The molecule has 108 valence electrons. The van der Waals surface area contributed by atoms with Gasteiger partial charge in [0.05, 0.1) is 4.90 Å². The van der Waals surface area contributed by atoms with E-state index in [0.29, 0.717) is 35.1 Å². The summed E-state index contributed by atoms with van der Waals surface area (Å²) in [6.07, 6.45) is 0. The maximum atomic E-state index is 12.5. The quantitative estimate of drug-likeness (QED) is 0.905. The number of sulfonamides is 1. The Labute approximate surface area is 125 Å². The molecule has 1 fully saturated rings. The molecule has 0 radical (unpaired) electrons. The molecule has 0 spiro atoms. The van der Waals surface area contributed by atoms with Crippen LogP contribution < -0.4 is 5.32 Å². The van der Waals surface area contributed by atoms with Gasteiger partial charge in [0.25, 0.3) is 0 Å². The molecule has 1 aromatic carbocycles. The fraction of sp³-hybridized carbons (Fsp3) is 0.500. The zero-order valence-electron chi connectivity index (χ0n) is 10.9. The van der Waals surface area contributed by atoms with Crippen molar-refractivity contribution in [2.45, 2.75) is 24.8 Å². The summed E-state index contributed by atoms with van der Waals surface area (Å²) in [4.78, 5) is 0.309. The Kier molecular flexibility index (Phi) is 5.65. The van der Waals surface area contributed by atoms with Crippen molar-refractivity contribution in [2.75, 3.05) is 19.6 Å². The molecule has 1 heterocycles. The smallest absolute Gasteiger partial charge is 0.243 e. The summed E-state index contributed by atoms with van der Waals surface area (Å²) in [6, 6.07) is 5.17. The summed E-state index contributed by atoms with van der Waals surface area (Å²) in [6.45, 7) is 5.39. The topological polar surface area (TPSA) is 49.4 Å². The monoisotopic (exact) mass is 324 g/mol. The second kappa shape index (κ2) is 6.41. The van der Waals surface area contributed by atoms with Gasteiger partial charge in [-0.05, 0) is 31.5 Å². The molecule has 1 aromatic rings. The first-order valence-electron chi connectivity index (χ1n) is 5.91. The van der Waals surface area contributed by atoms with Crippen molar-refractivity contribution in [2.24, 2.45) is 0 Å². The normalized spacial score (nSPS) is 20.9. The van der Waals surface area contributed by atoms with Gasteiger partial charge in [0.1, 0.15) is 0 Å². The first kappa shape index (κ1) is 16.7. The highest BCUT2D eigenvalue weighted by molar-refractivity contribution is 7.89. The highest BCUT2D eigenvalue weighted by atomic mass is 35.5. The molecule has 7 heteroatoms. The van der Waals surface area contributed by atoms with Crippen molar-refractivity contribution in [3.63, 3.8) is 0 Å². The zero-order chi connectivity index (χ0) is 13.3. The number of hydrogen-bond acceptors (Lipinski definition) is 3. The minimum absolute atomic E-state index is 0. The highest BCUT2D eigenvalue weighted by Gasteiger charge is 2.29. The van der Waals surface area contributed by atoms with Crippen LogP contribution in [0.2, 0.25) is 5.02 Å². The number of hydrogen-bond donors (Lipinski definition) is 1.